The van der Waals surface area contributed by atoms with Gasteiger partial charge in [-0.25, -0.2) is 18.0 Å². The van der Waals surface area contributed by atoms with E-state index in [-0.39, 0.29) is 46.8 Å². The minimum atomic E-state index is -3.37. The van der Waals surface area contributed by atoms with Gasteiger partial charge in [-0.3, -0.25) is 0 Å². The molecule has 2 unspecified atom stereocenters. The third-order valence-corrected chi connectivity index (χ3v) is 9.01. The zero-order chi connectivity index (χ0) is 32.5. The average molecular weight is 641 g/mol. The minimum Gasteiger partial charge on any atom is -0.493 e. The Morgan fingerprint density at radius 2 is 1.84 bits per heavy atom. The molecule has 0 spiro atoms. The highest BCUT2D eigenvalue weighted by molar-refractivity contribution is 7.87. The molecule has 7 N–H and O–H groups in total. The number of ether oxygens (including phenoxy) is 2. The first-order valence-corrected chi connectivity index (χ1v) is 14.4. The van der Waals surface area contributed by atoms with E-state index in [1.54, 1.807) is 25.1 Å². The maximum absolute atomic E-state index is 15.3. The summed E-state index contributed by atoms with van der Waals surface area (Å²) in [5.41, 5.74) is -1.75. The molecule has 2 aromatic heterocycles. The number of aromatic nitrogens is 3. The van der Waals surface area contributed by atoms with Crippen LogP contribution >= 0.6 is 0 Å². The first kappa shape index (κ1) is 30.8. The van der Waals surface area contributed by atoms with Crippen molar-refractivity contribution in [3.8, 4) is 28.6 Å². The maximum Gasteiger partial charge on any atom is 0.291 e. The van der Waals surface area contributed by atoms with Gasteiger partial charge in [-0.2, -0.15) is 4.39 Å². The second-order valence-corrected chi connectivity index (χ2v) is 12.0. The molecule has 16 heteroatoms. The lowest BCUT2D eigenvalue weighted by Gasteiger charge is -2.43. The summed E-state index contributed by atoms with van der Waals surface area (Å²) in [5.74, 6) is -8.47. The van der Waals surface area contributed by atoms with Crippen molar-refractivity contribution >= 4 is 29.5 Å². The van der Waals surface area contributed by atoms with Crippen molar-refractivity contribution in [3.05, 3.63) is 89.1 Å². The number of hydrogen-bond acceptors (Lipinski definition) is 9. The maximum atomic E-state index is 15.3. The lowest BCUT2D eigenvalue weighted by atomic mass is 9.71. The van der Waals surface area contributed by atoms with E-state index >= 15 is 8.78 Å². The van der Waals surface area contributed by atoms with E-state index in [2.05, 4.69) is 15.0 Å². The zero-order valence-corrected chi connectivity index (χ0v) is 24.0. The van der Waals surface area contributed by atoms with Gasteiger partial charge in [0.05, 0.1) is 28.3 Å². The predicted octanol–water partition coefficient (Wildman–Crippen LogP) is 2.65. The van der Waals surface area contributed by atoms with E-state index < -0.39 is 60.8 Å². The second-order valence-electron chi connectivity index (χ2n) is 10.5. The summed E-state index contributed by atoms with van der Waals surface area (Å²) in [6.07, 6.45) is 2.25. The molecule has 232 valence electrons. The largest absolute Gasteiger partial charge is 0.493 e. The van der Waals surface area contributed by atoms with E-state index in [0.29, 0.717) is 11.3 Å². The number of aryl methyl sites for hydroxylation is 1. The number of nitrogens with zero attached hydrogens (tertiary/aromatic N) is 1. The summed E-state index contributed by atoms with van der Waals surface area (Å²) in [6.45, 7) is 1.72. The van der Waals surface area contributed by atoms with Crippen LogP contribution in [-0.2, 0) is 16.2 Å². The molecule has 0 aliphatic carbocycles. The van der Waals surface area contributed by atoms with E-state index in [4.69, 9.17) is 17.3 Å². The number of rotatable bonds is 7. The summed E-state index contributed by atoms with van der Waals surface area (Å²) in [7, 11) is 2.22. The molecule has 2 atom stereocenters. The molecule has 6 rings (SSSR count). The topological polar surface area (TPSA) is 181 Å². The Morgan fingerprint density at radius 1 is 1.09 bits per heavy atom. The van der Waals surface area contributed by atoms with Crippen molar-refractivity contribution < 1.29 is 52.4 Å². The monoisotopic (exact) mass is 641 g/mol. The quantitative estimate of drug-likeness (QED) is 0.104. The number of para-hydroxylation sites is 1. The van der Waals surface area contributed by atoms with Gasteiger partial charge in [-0.1, -0.05) is 18.2 Å². The van der Waals surface area contributed by atoms with Gasteiger partial charge in [-0.15, -0.1) is 0 Å². The Morgan fingerprint density at radius 3 is 2.56 bits per heavy atom. The van der Waals surface area contributed by atoms with Crippen LogP contribution in [0.3, 0.4) is 0 Å². The normalized spacial score (nSPS) is 17.6. The Bertz CT molecular complexity index is 1990. The summed E-state index contributed by atoms with van der Waals surface area (Å²) in [4.78, 5) is 8.73. The Labute approximate surface area is 255 Å². The summed E-state index contributed by atoms with van der Waals surface area (Å²) >= 11 is 0. The molecule has 0 amide bonds. The number of imidazole rings is 1. The van der Waals surface area contributed by atoms with Gasteiger partial charge in [0.15, 0.2) is 24.4 Å². The van der Waals surface area contributed by atoms with Crippen molar-refractivity contribution in [2.45, 2.75) is 34.6 Å². The first-order valence-electron chi connectivity index (χ1n) is 13.2. The minimum absolute atomic E-state index is 0.0141. The predicted molar refractivity (Wildman–Crippen MR) is 153 cm³/mol. The lowest BCUT2D eigenvalue weighted by Crippen LogP contribution is -2.55. The molecule has 45 heavy (non-hydrogen) atoms. The van der Waals surface area contributed by atoms with Gasteiger partial charge in [0.25, 0.3) is 5.97 Å². The van der Waals surface area contributed by atoms with Gasteiger partial charge >= 0.3 is 0 Å². The molecule has 1 aliphatic heterocycles. The van der Waals surface area contributed by atoms with E-state index in [1.807, 2.05) is 0 Å². The smallest absolute Gasteiger partial charge is 0.291 e. The van der Waals surface area contributed by atoms with Gasteiger partial charge < -0.3 is 45.0 Å². The number of H-pyrrole nitrogens is 2. The third-order valence-electron chi connectivity index (χ3n) is 7.68. The van der Waals surface area contributed by atoms with Gasteiger partial charge in [0.1, 0.15) is 39.4 Å². The molecule has 0 saturated carbocycles. The molecular formula is C29H23BF3N3O8S. The van der Waals surface area contributed by atoms with Crippen molar-refractivity contribution in [1.82, 2.24) is 15.0 Å². The third kappa shape index (κ3) is 4.90. The number of halogens is 3. The Balaban J connectivity index is 1.46. The SMILES string of the molecule is [B]C(O)(O)S(=O)c1c(Oc2ccc(F)c(-c3ncc(C4(C(O)(O)O)CCOc5c(C)cccc54)[nH]3)c2)c(F)c(F)c2[nH]ccc12. The molecule has 11 nitrogen and oxygen atoms in total. The molecule has 3 aromatic carbocycles. The number of aromatic amines is 2. The fourth-order valence-corrected chi connectivity index (χ4v) is 6.54. The van der Waals surface area contributed by atoms with Crippen LogP contribution in [-0.4, -0.2) is 70.1 Å². The number of aliphatic hydroxyl groups is 5. The van der Waals surface area contributed by atoms with Crippen molar-refractivity contribution in [2.24, 2.45) is 0 Å². The second kappa shape index (κ2) is 10.7. The van der Waals surface area contributed by atoms with Crippen molar-refractivity contribution in [2.75, 3.05) is 6.61 Å². The lowest BCUT2D eigenvalue weighted by molar-refractivity contribution is -0.348. The standard InChI is InChI=1S/C29H23BF3N3O8S/c1-13-3-2-4-17-23(13)43-10-8-27(17,28(37,38)39)19-12-35-26(36-19)16-11-14(5-6-18(16)31)44-24-21(33)20(32)22-15(7-9-34-22)25(24)45(42)29(30,40)41/h2-7,9,11-12,34,37-41H,8,10H2,1H3,(H,35,36). The van der Waals surface area contributed by atoms with E-state index in [9.17, 15) is 34.1 Å². The van der Waals surface area contributed by atoms with Crippen LogP contribution in [0.25, 0.3) is 22.3 Å². The van der Waals surface area contributed by atoms with Crippen LogP contribution in [0.4, 0.5) is 13.2 Å². The molecular weight excluding hydrogens is 618 g/mol. The highest BCUT2D eigenvalue weighted by Crippen LogP contribution is 2.50. The summed E-state index contributed by atoms with van der Waals surface area (Å²) in [6, 6.07) is 9.10. The van der Waals surface area contributed by atoms with E-state index in [0.717, 1.165) is 18.2 Å². The van der Waals surface area contributed by atoms with Crippen LogP contribution in [0, 0.1) is 24.4 Å². The highest BCUT2D eigenvalue weighted by Gasteiger charge is 2.56. The first-order chi connectivity index (χ1) is 21.1. The van der Waals surface area contributed by atoms with Crippen molar-refractivity contribution in [1.29, 1.82) is 0 Å². The number of hydrogen-bond donors (Lipinski definition) is 7. The van der Waals surface area contributed by atoms with Crippen LogP contribution in [0.2, 0.25) is 0 Å². The van der Waals surface area contributed by atoms with Crippen LogP contribution in [0.5, 0.6) is 17.2 Å². The zero-order valence-electron chi connectivity index (χ0n) is 23.1. The van der Waals surface area contributed by atoms with Crippen molar-refractivity contribution in [3.63, 3.8) is 0 Å². The summed E-state index contributed by atoms with van der Waals surface area (Å²) < 4.78 is 69.6. The fraction of sp³-hybridized carbons (Fsp3) is 0.207. The molecule has 5 aromatic rings. The molecule has 0 bridgehead atoms. The Hall–Kier alpha value is -4.19. The highest BCUT2D eigenvalue weighted by atomic mass is 32.2. The molecule has 3 heterocycles. The van der Waals surface area contributed by atoms with Gasteiger partial charge in [0, 0.05) is 29.8 Å². The van der Waals surface area contributed by atoms with Gasteiger partial charge in [-0.05, 0) is 36.8 Å². The molecule has 0 fully saturated rings. The Kier molecular flexibility index (Phi) is 7.34. The summed E-state index contributed by atoms with van der Waals surface area (Å²) in [5, 5.41) is 47.9. The average Bonchev–Trinajstić information content (AvgIpc) is 3.66. The van der Waals surface area contributed by atoms with Gasteiger partial charge in [0.2, 0.25) is 5.82 Å². The molecule has 0 saturated heterocycles. The van der Waals surface area contributed by atoms with Crippen LogP contribution < -0.4 is 9.47 Å². The molecule has 1 aliphatic rings. The number of nitrogens with one attached hydrogen (secondary N) is 2. The number of fused-ring (bicyclic) bond motifs is 2. The molecule has 2 radical (unpaired) electrons. The number of benzene rings is 3. The van der Waals surface area contributed by atoms with Crippen LogP contribution in [0.1, 0.15) is 23.2 Å². The fourth-order valence-electron chi connectivity index (χ4n) is 5.57. The van der Waals surface area contributed by atoms with E-state index in [1.165, 1.54) is 18.5 Å². The van der Waals surface area contributed by atoms with Crippen LogP contribution in [0.15, 0.2) is 59.8 Å².